The standard InChI is InChI=1S/C18H28N2O2/c1-5-20(6-2)13-18(21,15-10-8-7-9-11-15)17-19-16(12-22-17)14(3)4/h7-11,14,16,21H,5-6,12-13H2,1-4H3/t16-,18-/m1/s1. The second-order valence-electron chi connectivity index (χ2n) is 6.24. The van der Waals surface area contributed by atoms with Gasteiger partial charge in [-0.2, -0.15) is 0 Å². The number of rotatable bonds is 7. The molecular formula is C18H28N2O2. The van der Waals surface area contributed by atoms with E-state index in [2.05, 4.69) is 37.6 Å². The van der Waals surface area contributed by atoms with E-state index >= 15 is 0 Å². The Hall–Kier alpha value is -1.39. The van der Waals surface area contributed by atoms with E-state index in [-0.39, 0.29) is 6.04 Å². The average Bonchev–Trinajstić information content (AvgIpc) is 3.04. The molecule has 1 N–H and O–H groups in total. The highest BCUT2D eigenvalue weighted by molar-refractivity contribution is 5.88. The van der Waals surface area contributed by atoms with Gasteiger partial charge in [0.1, 0.15) is 6.61 Å². The summed E-state index contributed by atoms with van der Waals surface area (Å²) in [7, 11) is 0. The monoisotopic (exact) mass is 304 g/mol. The van der Waals surface area contributed by atoms with Gasteiger partial charge < -0.3 is 14.7 Å². The second kappa shape index (κ2) is 7.25. The summed E-state index contributed by atoms with van der Waals surface area (Å²) in [6, 6.07) is 9.85. The van der Waals surface area contributed by atoms with Gasteiger partial charge in [-0.1, -0.05) is 58.0 Å². The average molecular weight is 304 g/mol. The highest BCUT2D eigenvalue weighted by atomic mass is 16.5. The number of nitrogens with zero attached hydrogens (tertiary/aromatic N) is 2. The molecule has 1 aliphatic heterocycles. The molecule has 2 rings (SSSR count). The summed E-state index contributed by atoms with van der Waals surface area (Å²) >= 11 is 0. The van der Waals surface area contributed by atoms with Gasteiger partial charge in [-0.15, -0.1) is 0 Å². The van der Waals surface area contributed by atoms with E-state index in [0.29, 0.717) is 25.0 Å². The Balaban J connectivity index is 2.36. The Morgan fingerprint density at radius 2 is 1.91 bits per heavy atom. The largest absolute Gasteiger partial charge is 0.476 e. The van der Waals surface area contributed by atoms with Gasteiger partial charge in [0.05, 0.1) is 6.04 Å². The van der Waals surface area contributed by atoms with E-state index in [9.17, 15) is 5.11 Å². The zero-order valence-corrected chi connectivity index (χ0v) is 14.1. The molecule has 0 spiro atoms. The molecule has 4 heteroatoms. The van der Waals surface area contributed by atoms with Crippen LogP contribution in [0.25, 0.3) is 0 Å². The van der Waals surface area contributed by atoms with Crippen molar-refractivity contribution in [3.05, 3.63) is 35.9 Å². The molecule has 1 heterocycles. The van der Waals surface area contributed by atoms with Crippen LogP contribution >= 0.6 is 0 Å². The minimum atomic E-state index is -1.18. The van der Waals surface area contributed by atoms with Crippen molar-refractivity contribution < 1.29 is 9.84 Å². The van der Waals surface area contributed by atoms with Crippen molar-refractivity contribution in [2.75, 3.05) is 26.2 Å². The maximum atomic E-state index is 11.4. The van der Waals surface area contributed by atoms with Crippen molar-refractivity contribution in [1.29, 1.82) is 0 Å². The van der Waals surface area contributed by atoms with Gasteiger partial charge >= 0.3 is 0 Å². The molecule has 122 valence electrons. The van der Waals surface area contributed by atoms with Gasteiger partial charge in [-0.3, -0.25) is 0 Å². The lowest BCUT2D eigenvalue weighted by Crippen LogP contribution is -2.47. The van der Waals surface area contributed by atoms with Crippen LogP contribution in [0, 0.1) is 5.92 Å². The predicted molar refractivity (Wildman–Crippen MR) is 90.1 cm³/mol. The summed E-state index contributed by atoms with van der Waals surface area (Å²) < 4.78 is 5.81. The third kappa shape index (κ3) is 3.50. The number of aliphatic hydroxyl groups is 1. The molecule has 1 aromatic carbocycles. The van der Waals surface area contributed by atoms with Crippen LogP contribution in [-0.2, 0) is 10.3 Å². The van der Waals surface area contributed by atoms with Crippen molar-refractivity contribution in [1.82, 2.24) is 4.90 Å². The first kappa shape index (κ1) is 17.0. The Bertz CT molecular complexity index is 497. The number of ether oxygens (including phenoxy) is 1. The van der Waals surface area contributed by atoms with E-state index in [1.54, 1.807) is 0 Å². The summed E-state index contributed by atoms with van der Waals surface area (Å²) in [6.07, 6.45) is 0. The summed E-state index contributed by atoms with van der Waals surface area (Å²) in [6.45, 7) is 11.3. The number of aliphatic imine (C=N–C) groups is 1. The fourth-order valence-corrected chi connectivity index (χ4v) is 2.72. The molecule has 0 aromatic heterocycles. The molecule has 22 heavy (non-hydrogen) atoms. The maximum Gasteiger partial charge on any atom is 0.222 e. The van der Waals surface area contributed by atoms with Gasteiger partial charge in [0.25, 0.3) is 0 Å². The minimum Gasteiger partial charge on any atom is -0.476 e. The first-order valence-corrected chi connectivity index (χ1v) is 8.22. The van der Waals surface area contributed by atoms with Crippen LogP contribution in [0.1, 0.15) is 33.3 Å². The van der Waals surface area contributed by atoms with Crippen molar-refractivity contribution in [2.45, 2.75) is 39.3 Å². The van der Waals surface area contributed by atoms with Gasteiger partial charge in [0, 0.05) is 6.54 Å². The van der Waals surface area contributed by atoms with Crippen molar-refractivity contribution in [2.24, 2.45) is 10.9 Å². The van der Waals surface area contributed by atoms with Crippen LogP contribution < -0.4 is 0 Å². The molecule has 0 fully saturated rings. The molecule has 0 saturated heterocycles. The van der Waals surface area contributed by atoms with Crippen LogP contribution in [0.4, 0.5) is 0 Å². The van der Waals surface area contributed by atoms with Crippen molar-refractivity contribution >= 4 is 5.90 Å². The predicted octanol–water partition coefficient (Wildman–Crippen LogP) is 2.67. The number of likely N-dealkylation sites (N-methyl/N-ethyl adjacent to an activating group) is 1. The van der Waals surface area contributed by atoms with Gasteiger partial charge in [0.2, 0.25) is 5.90 Å². The lowest BCUT2D eigenvalue weighted by molar-refractivity contribution is 0.0435. The van der Waals surface area contributed by atoms with E-state index in [0.717, 1.165) is 18.7 Å². The summed E-state index contributed by atoms with van der Waals surface area (Å²) in [5.41, 5.74) is -0.346. The molecule has 1 aromatic rings. The summed E-state index contributed by atoms with van der Waals surface area (Å²) in [4.78, 5) is 6.87. The van der Waals surface area contributed by atoms with Crippen LogP contribution in [-0.4, -0.2) is 48.2 Å². The van der Waals surface area contributed by atoms with E-state index in [1.807, 2.05) is 30.3 Å². The van der Waals surface area contributed by atoms with E-state index in [4.69, 9.17) is 4.74 Å². The molecule has 0 radical (unpaired) electrons. The molecule has 1 aliphatic rings. The smallest absolute Gasteiger partial charge is 0.222 e. The number of hydrogen-bond donors (Lipinski definition) is 1. The fourth-order valence-electron chi connectivity index (χ4n) is 2.72. The SMILES string of the molecule is CCN(CC)C[C@](O)(C1=N[C@@H](C(C)C)CO1)c1ccccc1. The lowest BCUT2D eigenvalue weighted by Gasteiger charge is -2.33. The first-order chi connectivity index (χ1) is 10.5. The van der Waals surface area contributed by atoms with Gasteiger partial charge in [0.15, 0.2) is 5.60 Å². The topological polar surface area (TPSA) is 45.1 Å². The lowest BCUT2D eigenvalue weighted by atomic mass is 9.92. The van der Waals surface area contributed by atoms with Crippen LogP contribution in [0.15, 0.2) is 35.3 Å². The highest BCUT2D eigenvalue weighted by Crippen LogP contribution is 2.29. The highest BCUT2D eigenvalue weighted by Gasteiger charge is 2.42. The molecular weight excluding hydrogens is 276 g/mol. The third-order valence-electron chi connectivity index (χ3n) is 4.40. The van der Waals surface area contributed by atoms with Gasteiger partial charge in [-0.25, -0.2) is 4.99 Å². The Kier molecular flexibility index (Phi) is 5.59. The quantitative estimate of drug-likeness (QED) is 0.842. The van der Waals surface area contributed by atoms with Crippen molar-refractivity contribution in [3.8, 4) is 0 Å². The molecule has 0 bridgehead atoms. The second-order valence-corrected chi connectivity index (χ2v) is 6.24. The molecule has 4 nitrogen and oxygen atoms in total. The molecule has 2 atom stereocenters. The Morgan fingerprint density at radius 3 is 2.41 bits per heavy atom. The van der Waals surface area contributed by atoms with Gasteiger partial charge in [-0.05, 0) is 24.6 Å². The van der Waals surface area contributed by atoms with Crippen LogP contribution in [0.5, 0.6) is 0 Å². The third-order valence-corrected chi connectivity index (χ3v) is 4.40. The zero-order valence-electron chi connectivity index (χ0n) is 14.1. The molecule has 0 aliphatic carbocycles. The first-order valence-electron chi connectivity index (χ1n) is 8.22. The van der Waals surface area contributed by atoms with E-state index < -0.39 is 5.60 Å². The van der Waals surface area contributed by atoms with Crippen molar-refractivity contribution in [3.63, 3.8) is 0 Å². The fraction of sp³-hybridized carbons (Fsp3) is 0.611. The normalized spacial score (nSPS) is 20.9. The molecule has 0 amide bonds. The van der Waals surface area contributed by atoms with Crippen LogP contribution in [0.2, 0.25) is 0 Å². The summed E-state index contributed by atoms with van der Waals surface area (Å²) in [5, 5.41) is 11.4. The van der Waals surface area contributed by atoms with Crippen LogP contribution in [0.3, 0.4) is 0 Å². The number of hydrogen-bond acceptors (Lipinski definition) is 4. The Morgan fingerprint density at radius 1 is 1.27 bits per heavy atom. The Labute approximate surface area is 133 Å². The minimum absolute atomic E-state index is 0.127. The zero-order chi connectivity index (χ0) is 16.2. The van der Waals surface area contributed by atoms with E-state index in [1.165, 1.54) is 0 Å². The maximum absolute atomic E-state index is 11.4. The number of benzene rings is 1. The molecule has 0 saturated carbocycles. The molecule has 0 unspecified atom stereocenters. The summed E-state index contributed by atoms with van der Waals surface area (Å²) in [5.74, 6) is 0.871.